The molecule has 0 bridgehead atoms. The van der Waals surface area contributed by atoms with Crippen LogP contribution < -0.4 is 0 Å². The van der Waals surface area contributed by atoms with E-state index in [-0.39, 0.29) is 6.10 Å². The van der Waals surface area contributed by atoms with Crippen LogP contribution in [0.3, 0.4) is 0 Å². The predicted octanol–water partition coefficient (Wildman–Crippen LogP) is 3.72. The van der Waals surface area contributed by atoms with Gasteiger partial charge in [-0.1, -0.05) is 35.9 Å². The Morgan fingerprint density at radius 1 is 1.36 bits per heavy atom. The smallest absolute Gasteiger partial charge is 0.192 e. The number of ether oxygens (including phenoxy) is 1. The highest BCUT2D eigenvalue weighted by Gasteiger charge is 2.22. The first-order valence-electron chi connectivity index (χ1n) is 8.50. The Hall–Kier alpha value is -2.23. The number of benzene rings is 1. The van der Waals surface area contributed by atoms with Gasteiger partial charge in [0.1, 0.15) is 0 Å². The lowest BCUT2D eigenvalue weighted by Gasteiger charge is -2.14. The van der Waals surface area contributed by atoms with Crippen LogP contribution in [0.1, 0.15) is 19.8 Å². The van der Waals surface area contributed by atoms with Gasteiger partial charge in [0.05, 0.1) is 18.4 Å². The van der Waals surface area contributed by atoms with Crippen molar-refractivity contribution in [1.82, 2.24) is 19.7 Å². The van der Waals surface area contributed by atoms with E-state index in [1.807, 2.05) is 25.3 Å². The standard InChI is InChI=1S/C19H20N4OS/c1-2-3-11-25-19-22-21-18(23(19)13-14-7-6-10-24-14)16-12-20-17-9-5-4-8-15(16)17/h4-5,8-9,12,14,20H,6-7,10-11,13H2,1H3. The second-order valence-electron chi connectivity index (χ2n) is 6.02. The second-order valence-corrected chi connectivity index (χ2v) is 6.96. The summed E-state index contributed by atoms with van der Waals surface area (Å²) in [5.41, 5.74) is 2.18. The van der Waals surface area contributed by atoms with Crippen LogP contribution in [0.4, 0.5) is 0 Å². The van der Waals surface area contributed by atoms with Gasteiger partial charge in [0.15, 0.2) is 11.0 Å². The summed E-state index contributed by atoms with van der Waals surface area (Å²) in [4.78, 5) is 3.33. The van der Waals surface area contributed by atoms with Gasteiger partial charge in [-0.05, 0) is 25.8 Å². The zero-order valence-corrected chi connectivity index (χ0v) is 15.0. The lowest BCUT2D eigenvalue weighted by atomic mass is 10.1. The molecule has 0 spiro atoms. The van der Waals surface area contributed by atoms with Crippen LogP contribution >= 0.6 is 11.8 Å². The van der Waals surface area contributed by atoms with Crippen LogP contribution in [0.2, 0.25) is 0 Å². The number of hydrogen-bond acceptors (Lipinski definition) is 4. The van der Waals surface area contributed by atoms with E-state index in [4.69, 9.17) is 4.74 Å². The molecule has 0 saturated carbocycles. The number of nitrogens with zero attached hydrogens (tertiary/aromatic N) is 3. The first-order valence-corrected chi connectivity index (χ1v) is 9.49. The number of hydrogen-bond donors (Lipinski definition) is 1. The Kier molecular flexibility index (Phi) is 4.77. The molecule has 1 unspecified atom stereocenters. The van der Waals surface area contributed by atoms with E-state index in [0.29, 0.717) is 5.75 Å². The molecule has 0 aliphatic carbocycles. The summed E-state index contributed by atoms with van der Waals surface area (Å²) in [6.07, 6.45) is 4.46. The molecular weight excluding hydrogens is 332 g/mol. The topological polar surface area (TPSA) is 55.7 Å². The fourth-order valence-corrected chi connectivity index (χ4v) is 3.94. The van der Waals surface area contributed by atoms with Crippen LogP contribution in [-0.2, 0) is 11.3 Å². The quantitative estimate of drug-likeness (QED) is 0.562. The summed E-state index contributed by atoms with van der Waals surface area (Å²) in [6, 6.07) is 8.27. The lowest BCUT2D eigenvalue weighted by molar-refractivity contribution is 0.0953. The Morgan fingerprint density at radius 2 is 2.28 bits per heavy atom. The van der Waals surface area contributed by atoms with E-state index in [0.717, 1.165) is 53.4 Å². The van der Waals surface area contributed by atoms with E-state index < -0.39 is 0 Å². The van der Waals surface area contributed by atoms with Crippen molar-refractivity contribution in [3.05, 3.63) is 30.5 Å². The summed E-state index contributed by atoms with van der Waals surface area (Å²) in [5.74, 6) is 7.62. The fourth-order valence-electron chi connectivity index (χ4n) is 3.18. The van der Waals surface area contributed by atoms with E-state index >= 15 is 0 Å². The minimum atomic E-state index is 0.233. The Labute approximate surface area is 151 Å². The first-order chi connectivity index (χ1) is 12.4. The Balaban J connectivity index is 1.73. The van der Waals surface area contributed by atoms with Crippen LogP contribution in [-0.4, -0.2) is 38.2 Å². The van der Waals surface area contributed by atoms with Gasteiger partial charge < -0.3 is 9.72 Å². The zero-order valence-electron chi connectivity index (χ0n) is 14.2. The molecule has 1 saturated heterocycles. The van der Waals surface area contributed by atoms with Crippen molar-refractivity contribution < 1.29 is 4.74 Å². The molecule has 1 aliphatic heterocycles. The fraction of sp³-hybridized carbons (Fsp3) is 0.368. The zero-order chi connectivity index (χ0) is 17.1. The molecule has 1 fully saturated rings. The summed E-state index contributed by atoms with van der Waals surface area (Å²) in [6.45, 7) is 3.48. The molecule has 3 heterocycles. The number of rotatable bonds is 5. The number of para-hydroxylation sites is 1. The van der Waals surface area contributed by atoms with Crippen molar-refractivity contribution in [1.29, 1.82) is 0 Å². The Morgan fingerprint density at radius 3 is 3.12 bits per heavy atom. The minimum Gasteiger partial charge on any atom is -0.376 e. The minimum absolute atomic E-state index is 0.233. The summed E-state index contributed by atoms with van der Waals surface area (Å²) < 4.78 is 8.03. The highest BCUT2D eigenvalue weighted by molar-refractivity contribution is 7.99. The number of nitrogens with one attached hydrogen (secondary N) is 1. The van der Waals surface area contributed by atoms with E-state index in [1.54, 1.807) is 11.8 Å². The maximum absolute atomic E-state index is 5.85. The third kappa shape index (κ3) is 3.30. The predicted molar refractivity (Wildman–Crippen MR) is 100 cm³/mol. The van der Waals surface area contributed by atoms with Crippen LogP contribution in [0.25, 0.3) is 22.3 Å². The number of H-pyrrole nitrogens is 1. The average Bonchev–Trinajstić information content (AvgIpc) is 3.36. The number of aromatic amines is 1. The lowest BCUT2D eigenvalue weighted by Crippen LogP contribution is -2.16. The van der Waals surface area contributed by atoms with Crippen LogP contribution in [0.5, 0.6) is 0 Å². The molecule has 25 heavy (non-hydrogen) atoms. The van der Waals surface area contributed by atoms with Gasteiger partial charge in [0.25, 0.3) is 0 Å². The highest BCUT2D eigenvalue weighted by atomic mass is 32.2. The van der Waals surface area contributed by atoms with Crippen molar-refractivity contribution in [3.63, 3.8) is 0 Å². The number of aromatic nitrogens is 4. The van der Waals surface area contributed by atoms with Gasteiger partial charge in [-0.25, -0.2) is 0 Å². The summed E-state index contributed by atoms with van der Waals surface area (Å²) in [5, 5.41) is 11.0. The van der Waals surface area contributed by atoms with Crippen molar-refractivity contribution in [2.45, 2.75) is 37.6 Å². The number of fused-ring (bicyclic) bond motifs is 1. The molecule has 0 amide bonds. The van der Waals surface area contributed by atoms with Crippen molar-refractivity contribution in [2.75, 3.05) is 12.4 Å². The molecular formula is C19H20N4OS. The molecule has 1 aliphatic rings. The maximum atomic E-state index is 5.85. The molecule has 1 aromatic carbocycles. The van der Waals surface area contributed by atoms with Gasteiger partial charge in [-0.2, -0.15) is 0 Å². The van der Waals surface area contributed by atoms with Gasteiger partial charge in [0, 0.05) is 29.3 Å². The van der Waals surface area contributed by atoms with E-state index in [9.17, 15) is 0 Å². The average molecular weight is 352 g/mol. The molecule has 6 heteroatoms. The third-order valence-electron chi connectivity index (χ3n) is 4.41. The molecule has 0 radical (unpaired) electrons. The van der Waals surface area contributed by atoms with Crippen LogP contribution in [0.15, 0.2) is 35.6 Å². The van der Waals surface area contributed by atoms with Crippen LogP contribution in [0, 0.1) is 11.8 Å². The normalized spacial score (nSPS) is 16.9. The second kappa shape index (κ2) is 7.34. The van der Waals surface area contributed by atoms with Gasteiger partial charge in [0.2, 0.25) is 0 Å². The maximum Gasteiger partial charge on any atom is 0.192 e. The summed E-state index contributed by atoms with van der Waals surface area (Å²) in [7, 11) is 0. The van der Waals surface area contributed by atoms with Crippen molar-refractivity contribution in [3.8, 4) is 23.2 Å². The summed E-state index contributed by atoms with van der Waals surface area (Å²) >= 11 is 1.63. The van der Waals surface area contributed by atoms with Gasteiger partial charge in [-0.3, -0.25) is 4.57 Å². The SMILES string of the molecule is CC#CCSc1nnc(-c2c[nH]c3ccccc23)n1CC1CCCO1. The molecule has 1 N–H and O–H groups in total. The third-order valence-corrected chi connectivity index (χ3v) is 5.26. The number of thioether (sulfide) groups is 1. The highest BCUT2D eigenvalue weighted by Crippen LogP contribution is 2.31. The molecule has 128 valence electrons. The Bertz CT molecular complexity index is 928. The molecule has 2 aromatic heterocycles. The first kappa shape index (κ1) is 16.2. The molecule has 3 aromatic rings. The largest absolute Gasteiger partial charge is 0.376 e. The molecule has 1 atom stereocenters. The van der Waals surface area contributed by atoms with Crippen molar-refractivity contribution >= 4 is 22.7 Å². The monoisotopic (exact) mass is 352 g/mol. The van der Waals surface area contributed by atoms with E-state index in [1.165, 1.54) is 0 Å². The van der Waals surface area contributed by atoms with Gasteiger partial charge in [-0.15, -0.1) is 16.1 Å². The van der Waals surface area contributed by atoms with E-state index in [2.05, 4.69) is 43.7 Å². The van der Waals surface area contributed by atoms with Gasteiger partial charge >= 0.3 is 0 Å². The molecule has 5 nitrogen and oxygen atoms in total. The molecule has 4 rings (SSSR count). The van der Waals surface area contributed by atoms with Crippen molar-refractivity contribution in [2.24, 2.45) is 0 Å².